The Morgan fingerprint density at radius 1 is 0.971 bits per heavy atom. The summed E-state index contributed by atoms with van der Waals surface area (Å²) in [5, 5.41) is 2.58. The van der Waals surface area contributed by atoms with Crippen LogP contribution >= 0.6 is 11.8 Å². The van der Waals surface area contributed by atoms with Crippen LogP contribution in [-0.4, -0.2) is 20.0 Å². The van der Waals surface area contributed by atoms with Crippen molar-refractivity contribution in [2.45, 2.75) is 36.6 Å². The Bertz CT molecular complexity index is 1480. The Morgan fingerprint density at radius 3 is 2.34 bits per heavy atom. The van der Waals surface area contributed by atoms with Gasteiger partial charge in [-0.15, -0.1) is 0 Å². The molecule has 1 aliphatic rings. The maximum Gasteiger partial charge on any atom is 0.213 e. The Hall–Kier alpha value is -3.13. The standard InChI is InChI=1S/C21H21N2S.C7H8O3S/c1-3-13-23-14-12-16(17-8-4-5-9-18(17)23)15-21-22(2)19-10-6-7-11-20(19)24-21;1-6-2-4-7(5-3-6)11(8,9)10/h4-12,14-15H,3,13H2,1-2H3;2-5H,1H3,(H,8,9,10)/q+1;/p-1. The van der Waals surface area contributed by atoms with E-state index in [1.165, 1.54) is 44.2 Å². The van der Waals surface area contributed by atoms with Crippen LogP contribution in [0.1, 0.15) is 24.5 Å². The molecule has 0 atom stereocenters. The molecule has 0 amide bonds. The number of benzene rings is 3. The van der Waals surface area contributed by atoms with Gasteiger partial charge < -0.3 is 9.45 Å². The summed E-state index contributed by atoms with van der Waals surface area (Å²) in [6, 6.07) is 25.3. The van der Waals surface area contributed by atoms with Crippen molar-refractivity contribution in [3.8, 4) is 0 Å². The maximum absolute atomic E-state index is 10.4. The van der Waals surface area contributed by atoms with Crippen LogP contribution < -0.4 is 9.47 Å². The van der Waals surface area contributed by atoms with Crippen LogP contribution in [-0.2, 0) is 16.7 Å². The molecule has 0 N–H and O–H groups in total. The van der Waals surface area contributed by atoms with Crippen molar-refractivity contribution in [2.75, 3.05) is 11.9 Å². The van der Waals surface area contributed by atoms with Crippen molar-refractivity contribution in [2.24, 2.45) is 0 Å². The summed E-state index contributed by atoms with van der Waals surface area (Å²) >= 11 is 1.84. The van der Waals surface area contributed by atoms with Gasteiger partial charge in [0.2, 0.25) is 5.52 Å². The SMILES string of the molecule is CCC[n+]1ccc(/C=C2\Sc3ccccc3N2C)c2ccccc21.Cc1ccc(S(=O)(=O)[O-])cc1. The highest BCUT2D eigenvalue weighted by molar-refractivity contribution is 8.03. The minimum absolute atomic E-state index is 0.178. The lowest BCUT2D eigenvalue weighted by molar-refractivity contribution is -0.671. The van der Waals surface area contributed by atoms with E-state index in [2.05, 4.69) is 90.3 Å². The number of pyridine rings is 1. The third kappa shape index (κ3) is 5.75. The topological polar surface area (TPSA) is 64.3 Å². The molecular weight excluding hydrogens is 476 g/mol. The Labute approximate surface area is 211 Å². The number of anilines is 1. The summed E-state index contributed by atoms with van der Waals surface area (Å²) < 4.78 is 33.5. The van der Waals surface area contributed by atoms with E-state index in [-0.39, 0.29) is 4.90 Å². The fraction of sp³-hybridized carbons (Fsp3) is 0.179. The number of fused-ring (bicyclic) bond motifs is 2. The largest absolute Gasteiger partial charge is 0.744 e. The van der Waals surface area contributed by atoms with Crippen LogP contribution in [0.5, 0.6) is 0 Å². The zero-order valence-corrected chi connectivity index (χ0v) is 21.6. The van der Waals surface area contributed by atoms with Crippen LogP contribution in [0.4, 0.5) is 5.69 Å². The fourth-order valence-corrected chi connectivity index (χ4v) is 5.53. The molecule has 0 saturated heterocycles. The highest BCUT2D eigenvalue weighted by Gasteiger charge is 2.22. The summed E-state index contributed by atoms with van der Waals surface area (Å²) in [6.07, 6.45) is 5.66. The molecule has 4 aromatic rings. The van der Waals surface area contributed by atoms with Crippen LogP contribution in [0, 0.1) is 6.92 Å². The second kappa shape index (κ2) is 10.6. The summed E-state index contributed by atoms with van der Waals surface area (Å²) in [6.45, 7) is 5.09. The van der Waals surface area contributed by atoms with Gasteiger partial charge in [-0.05, 0) is 48.9 Å². The summed E-state index contributed by atoms with van der Waals surface area (Å²) in [5.74, 6) is 0. The smallest absolute Gasteiger partial charge is 0.213 e. The normalized spacial score (nSPS) is 14.1. The highest BCUT2D eigenvalue weighted by atomic mass is 32.2. The van der Waals surface area contributed by atoms with Gasteiger partial charge in [0.15, 0.2) is 6.20 Å². The summed E-state index contributed by atoms with van der Waals surface area (Å²) in [7, 11) is -2.12. The lowest BCUT2D eigenvalue weighted by atomic mass is 10.1. The second-order valence-corrected chi connectivity index (χ2v) is 10.8. The molecule has 0 radical (unpaired) electrons. The first-order valence-corrected chi connectivity index (χ1v) is 13.7. The Morgan fingerprint density at radius 2 is 1.66 bits per heavy atom. The van der Waals surface area contributed by atoms with E-state index < -0.39 is 10.1 Å². The van der Waals surface area contributed by atoms with Gasteiger partial charge in [0.1, 0.15) is 16.7 Å². The van der Waals surface area contributed by atoms with E-state index >= 15 is 0 Å². The van der Waals surface area contributed by atoms with E-state index in [0.29, 0.717) is 0 Å². The van der Waals surface area contributed by atoms with Crippen molar-refractivity contribution >= 4 is 44.5 Å². The van der Waals surface area contributed by atoms with Gasteiger partial charge in [-0.3, -0.25) is 0 Å². The van der Waals surface area contributed by atoms with E-state index in [1.54, 1.807) is 12.1 Å². The molecule has 7 heteroatoms. The fourth-order valence-electron chi connectivity index (χ4n) is 3.95. The lowest BCUT2D eigenvalue weighted by Gasteiger charge is -2.13. The van der Waals surface area contributed by atoms with Crippen molar-refractivity contribution < 1.29 is 17.5 Å². The van der Waals surface area contributed by atoms with E-state index in [4.69, 9.17) is 0 Å². The third-order valence-corrected chi connectivity index (χ3v) is 7.80. The van der Waals surface area contributed by atoms with Crippen LogP contribution in [0.2, 0.25) is 0 Å². The number of rotatable bonds is 4. The average molecular weight is 505 g/mol. The van der Waals surface area contributed by atoms with Crippen LogP contribution in [0.25, 0.3) is 17.0 Å². The van der Waals surface area contributed by atoms with E-state index in [9.17, 15) is 13.0 Å². The minimum atomic E-state index is -4.27. The van der Waals surface area contributed by atoms with Gasteiger partial charge in [0, 0.05) is 30.5 Å². The predicted octanol–water partition coefficient (Wildman–Crippen LogP) is 5.98. The number of aromatic nitrogens is 1. The first-order valence-electron chi connectivity index (χ1n) is 11.4. The van der Waals surface area contributed by atoms with Gasteiger partial charge >= 0.3 is 0 Å². The molecule has 1 aliphatic heterocycles. The van der Waals surface area contributed by atoms with Gasteiger partial charge in [-0.1, -0.05) is 60.6 Å². The monoisotopic (exact) mass is 504 g/mol. The predicted molar refractivity (Wildman–Crippen MR) is 142 cm³/mol. The molecule has 35 heavy (non-hydrogen) atoms. The van der Waals surface area contributed by atoms with Crippen LogP contribution in [0.3, 0.4) is 0 Å². The quantitative estimate of drug-likeness (QED) is 0.253. The van der Waals surface area contributed by atoms with Crippen molar-refractivity contribution in [1.82, 2.24) is 0 Å². The molecular formula is C28H28N2O3S2. The Balaban J connectivity index is 0.000000221. The number of nitrogens with zero attached hydrogens (tertiary/aromatic N) is 2. The number of hydrogen-bond donors (Lipinski definition) is 0. The molecule has 1 aromatic heterocycles. The molecule has 2 heterocycles. The molecule has 5 nitrogen and oxygen atoms in total. The van der Waals surface area contributed by atoms with E-state index in [0.717, 1.165) is 18.5 Å². The number of hydrogen-bond acceptors (Lipinski definition) is 5. The van der Waals surface area contributed by atoms with Gasteiger partial charge in [-0.2, -0.15) is 4.57 Å². The molecule has 180 valence electrons. The molecule has 0 aliphatic carbocycles. The first-order chi connectivity index (χ1) is 16.8. The summed E-state index contributed by atoms with van der Waals surface area (Å²) in [5.41, 5.74) is 4.80. The maximum atomic E-state index is 10.4. The molecule has 5 rings (SSSR count). The number of thioether (sulfide) groups is 1. The van der Waals surface area contributed by atoms with E-state index in [1.807, 2.05) is 18.7 Å². The Kier molecular flexibility index (Phi) is 7.60. The molecule has 0 unspecified atom stereocenters. The zero-order chi connectivity index (χ0) is 25.0. The molecule has 0 fully saturated rings. The van der Waals surface area contributed by atoms with Gasteiger partial charge in [0.25, 0.3) is 0 Å². The van der Waals surface area contributed by atoms with Crippen molar-refractivity contribution in [3.63, 3.8) is 0 Å². The number of aryl methyl sites for hydroxylation is 2. The third-order valence-electron chi connectivity index (χ3n) is 5.78. The van der Waals surface area contributed by atoms with Gasteiger partial charge in [0.05, 0.1) is 21.0 Å². The minimum Gasteiger partial charge on any atom is -0.744 e. The molecule has 0 spiro atoms. The zero-order valence-electron chi connectivity index (χ0n) is 20.0. The number of para-hydroxylation sites is 2. The first kappa shape index (κ1) is 25.0. The van der Waals surface area contributed by atoms with Crippen molar-refractivity contribution in [3.05, 3.63) is 101 Å². The van der Waals surface area contributed by atoms with Gasteiger partial charge in [-0.25, -0.2) is 8.42 Å². The molecule has 3 aromatic carbocycles. The lowest BCUT2D eigenvalue weighted by Crippen LogP contribution is -2.33. The highest BCUT2D eigenvalue weighted by Crippen LogP contribution is 2.45. The second-order valence-electron chi connectivity index (χ2n) is 8.36. The molecule has 0 saturated carbocycles. The van der Waals surface area contributed by atoms with Crippen LogP contribution in [0.15, 0.2) is 99.9 Å². The van der Waals surface area contributed by atoms with Crippen molar-refractivity contribution in [1.29, 1.82) is 0 Å². The average Bonchev–Trinajstić information content (AvgIpc) is 3.16. The summed E-state index contributed by atoms with van der Waals surface area (Å²) in [4.78, 5) is 3.43. The molecule has 0 bridgehead atoms.